The topological polar surface area (TPSA) is 31.2 Å². The molecule has 5 aromatic heterocycles. The molecule has 15 aromatic rings. The van der Waals surface area contributed by atoms with E-state index in [1.165, 1.54) is 103 Å². The van der Waals surface area contributed by atoms with Crippen LogP contribution in [0.25, 0.3) is 115 Å². The van der Waals surface area contributed by atoms with Gasteiger partial charge < -0.3 is 23.0 Å². The molecule has 7 heterocycles. The van der Waals surface area contributed by atoms with Crippen molar-refractivity contribution >= 4 is 148 Å². The van der Waals surface area contributed by atoms with Crippen LogP contribution in [0, 0.1) is 0 Å². The minimum atomic E-state index is -0.0399. The first-order chi connectivity index (χ1) is 37.5. The second-order valence-electron chi connectivity index (χ2n) is 23.6. The third kappa shape index (κ3) is 5.74. The van der Waals surface area contributed by atoms with Crippen LogP contribution >= 0.6 is 11.3 Å². The first-order valence-corrected chi connectivity index (χ1v) is 27.9. The number of anilines is 3. The number of para-hydroxylation sites is 5. The molecular weight excluding hydrogens is 956 g/mol. The number of nitrogens with zero attached hydrogens (tertiary/aromatic N) is 4. The van der Waals surface area contributed by atoms with E-state index in [4.69, 9.17) is 4.42 Å². The molecule has 0 saturated carbocycles. The Morgan fingerprint density at radius 1 is 0.416 bits per heavy atom. The van der Waals surface area contributed by atoms with Crippen LogP contribution in [-0.4, -0.2) is 20.4 Å². The van der Waals surface area contributed by atoms with Crippen LogP contribution < -0.4 is 20.6 Å². The molecule has 5 nitrogen and oxygen atoms in total. The fourth-order valence-electron chi connectivity index (χ4n) is 13.8. The molecule has 0 saturated heterocycles. The van der Waals surface area contributed by atoms with E-state index in [0.717, 1.165) is 55.4 Å². The number of aromatic nitrogens is 3. The zero-order valence-corrected chi connectivity index (χ0v) is 44.6. The normalized spacial score (nSPS) is 13.5. The molecule has 366 valence electrons. The SMILES string of the molecule is CC(C)(C)c1ccc(N2c3cc(-n4c5ccccc5c5c6oc7ccccc7c6ccc54)cc4c3B(c3sc5ccc(C(C)(C)C)cc5c32)c2cccc3c5c(ccc6c7ccccc7n(-c7ccccc7)c65)n-4c23)cc1. The highest BCUT2D eigenvalue weighted by Crippen LogP contribution is 2.50. The maximum absolute atomic E-state index is 6.88. The fraction of sp³-hybridized carbons (Fsp3) is 0.114. The molecule has 0 spiro atoms. The third-order valence-electron chi connectivity index (χ3n) is 17.3. The predicted molar refractivity (Wildman–Crippen MR) is 329 cm³/mol. The van der Waals surface area contributed by atoms with Crippen LogP contribution in [0.2, 0.25) is 0 Å². The van der Waals surface area contributed by atoms with Crippen molar-refractivity contribution in [2.24, 2.45) is 0 Å². The van der Waals surface area contributed by atoms with E-state index in [2.05, 4.69) is 260 Å². The Morgan fingerprint density at radius 3 is 1.84 bits per heavy atom. The summed E-state index contributed by atoms with van der Waals surface area (Å²) in [4.78, 5) is 2.64. The number of furan rings is 1. The Labute approximate surface area is 449 Å². The van der Waals surface area contributed by atoms with E-state index in [0.29, 0.717) is 0 Å². The standard InChI is InChI=1S/C70H51BN4OS/c1-69(2,3)40-27-30-43(31-28-40)74-57-38-44(72-54-25-14-11-21-49(54)62-56(72)35-33-48-46-20-12-15-26-59(46)76-67(48)62)39-58-63(57)71(68-66(74)51-37-41(70(4,5)6)29-36-60(51)77-68)52-23-16-22-50-61-55(75(58)64(50)52)34-32-47-45-19-10-13-24-53(45)73(65(47)61)42-17-8-7-9-18-42/h7-39H,1-6H3. The van der Waals surface area contributed by atoms with E-state index in [1.54, 1.807) is 0 Å². The Hall–Kier alpha value is -8.78. The molecule has 0 aliphatic carbocycles. The number of rotatable bonds is 3. The summed E-state index contributed by atoms with van der Waals surface area (Å²) in [5.74, 6) is 0. The molecule has 2 aliphatic rings. The summed E-state index contributed by atoms with van der Waals surface area (Å²) in [7, 11) is 0. The van der Waals surface area contributed by atoms with Crippen molar-refractivity contribution in [3.05, 3.63) is 211 Å². The molecule has 2 aliphatic heterocycles. The van der Waals surface area contributed by atoms with Crippen molar-refractivity contribution in [1.82, 2.24) is 13.7 Å². The molecule has 10 aromatic carbocycles. The number of fused-ring (bicyclic) bond motifs is 20. The molecule has 0 fully saturated rings. The van der Waals surface area contributed by atoms with Gasteiger partial charge in [-0.3, -0.25) is 0 Å². The van der Waals surface area contributed by atoms with Crippen LogP contribution in [0.3, 0.4) is 0 Å². The summed E-state index contributed by atoms with van der Waals surface area (Å²) >= 11 is 1.97. The highest BCUT2D eigenvalue weighted by atomic mass is 32.1. The largest absolute Gasteiger partial charge is 0.455 e. The van der Waals surface area contributed by atoms with Crippen LogP contribution in [0.15, 0.2) is 205 Å². The first kappa shape index (κ1) is 43.5. The van der Waals surface area contributed by atoms with Gasteiger partial charge in [0.05, 0.1) is 44.3 Å². The van der Waals surface area contributed by atoms with Gasteiger partial charge in [0.25, 0.3) is 6.71 Å². The highest BCUT2D eigenvalue weighted by molar-refractivity contribution is 7.33. The quantitative estimate of drug-likeness (QED) is 0.165. The minimum Gasteiger partial charge on any atom is -0.455 e. The van der Waals surface area contributed by atoms with Gasteiger partial charge >= 0.3 is 0 Å². The third-order valence-corrected chi connectivity index (χ3v) is 18.5. The van der Waals surface area contributed by atoms with E-state index in [-0.39, 0.29) is 17.5 Å². The summed E-state index contributed by atoms with van der Waals surface area (Å²) < 4.78 is 17.2. The lowest BCUT2D eigenvalue weighted by molar-refractivity contribution is 0.590. The summed E-state index contributed by atoms with van der Waals surface area (Å²) in [6, 6.07) is 75.5. The second kappa shape index (κ2) is 15.0. The average Bonchev–Trinajstić information content (AvgIpc) is 4.07. The van der Waals surface area contributed by atoms with E-state index in [1.807, 2.05) is 11.3 Å². The molecule has 7 heteroatoms. The van der Waals surface area contributed by atoms with Crippen LogP contribution in [0.5, 0.6) is 0 Å². The molecule has 0 atom stereocenters. The fourth-order valence-corrected chi connectivity index (χ4v) is 15.1. The van der Waals surface area contributed by atoms with Gasteiger partial charge in [0.15, 0.2) is 0 Å². The summed E-state index contributed by atoms with van der Waals surface area (Å²) in [5, 5.41) is 10.9. The Bertz CT molecular complexity index is 5070. The Morgan fingerprint density at radius 2 is 1.06 bits per heavy atom. The number of thiophene rings is 1. The van der Waals surface area contributed by atoms with Crippen molar-refractivity contribution in [3.8, 4) is 17.1 Å². The molecule has 0 unspecified atom stereocenters. The zero-order chi connectivity index (χ0) is 51.4. The van der Waals surface area contributed by atoms with Crippen LogP contribution in [0.4, 0.5) is 17.1 Å². The predicted octanol–water partition coefficient (Wildman–Crippen LogP) is 17.3. The lowest BCUT2D eigenvalue weighted by Crippen LogP contribution is -2.59. The molecule has 17 rings (SSSR count). The van der Waals surface area contributed by atoms with Gasteiger partial charge in [-0.05, 0) is 118 Å². The monoisotopic (exact) mass is 1010 g/mol. The van der Waals surface area contributed by atoms with Gasteiger partial charge in [-0.2, -0.15) is 0 Å². The molecule has 0 N–H and O–H groups in total. The van der Waals surface area contributed by atoms with Gasteiger partial charge in [-0.1, -0.05) is 157 Å². The molecular formula is C70H51BN4OS. The summed E-state index contributed by atoms with van der Waals surface area (Å²) in [5.41, 5.74) is 21.3. The Balaban J connectivity index is 1.06. The van der Waals surface area contributed by atoms with Crippen molar-refractivity contribution in [2.45, 2.75) is 52.4 Å². The number of hydrogen-bond donors (Lipinski definition) is 0. The minimum absolute atomic E-state index is 0.00353. The van der Waals surface area contributed by atoms with Gasteiger partial charge in [-0.15, -0.1) is 11.3 Å². The van der Waals surface area contributed by atoms with Crippen LogP contribution in [0.1, 0.15) is 52.7 Å². The van der Waals surface area contributed by atoms with Gasteiger partial charge in [0.1, 0.15) is 11.2 Å². The van der Waals surface area contributed by atoms with Gasteiger partial charge in [0, 0.05) is 80.8 Å². The van der Waals surface area contributed by atoms with Crippen molar-refractivity contribution in [1.29, 1.82) is 0 Å². The lowest BCUT2D eigenvalue weighted by Gasteiger charge is -2.39. The maximum atomic E-state index is 6.88. The summed E-state index contributed by atoms with van der Waals surface area (Å²) in [6.45, 7) is 13.9. The van der Waals surface area contributed by atoms with E-state index >= 15 is 0 Å². The van der Waals surface area contributed by atoms with Crippen molar-refractivity contribution in [3.63, 3.8) is 0 Å². The van der Waals surface area contributed by atoms with Gasteiger partial charge in [0.2, 0.25) is 0 Å². The zero-order valence-electron chi connectivity index (χ0n) is 43.7. The smallest absolute Gasteiger partial charge is 0.264 e. The average molecular weight is 1010 g/mol. The first-order valence-electron chi connectivity index (χ1n) is 27.0. The molecule has 77 heavy (non-hydrogen) atoms. The van der Waals surface area contributed by atoms with Crippen LogP contribution in [-0.2, 0) is 10.8 Å². The number of benzene rings is 10. The van der Waals surface area contributed by atoms with Crippen molar-refractivity contribution in [2.75, 3.05) is 4.90 Å². The highest BCUT2D eigenvalue weighted by Gasteiger charge is 2.45. The van der Waals surface area contributed by atoms with E-state index in [9.17, 15) is 0 Å². The maximum Gasteiger partial charge on any atom is 0.264 e. The number of hydrogen-bond acceptors (Lipinski definition) is 3. The van der Waals surface area contributed by atoms with Gasteiger partial charge in [-0.25, -0.2) is 0 Å². The molecule has 0 radical (unpaired) electrons. The second-order valence-corrected chi connectivity index (χ2v) is 24.7. The van der Waals surface area contributed by atoms with Crippen molar-refractivity contribution < 1.29 is 4.42 Å². The Kier molecular flexibility index (Phi) is 8.46. The molecule has 0 amide bonds. The lowest BCUT2D eigenvalue weighted by atomic mass is 9.36. The molecule has 0 bridgehead atoms. The summed E-state index contributed by atoms with van der Waals surface area (Å²) in [6.07, 6.45) is 0. The van der Waals surface area contributed by atoms with E-state index < -0.39 is 0 Å².